The van der Waals surface area contributed by atoms with Crippen LogP contribution in [0, 0.1) is 39.4 Å². The number of allylic oxidation sites excluding steroid dienone is 2. The molecule has 0 heterocycles. The molecule has 4 aliphatic carbocycles. The molecule has 208 valence electrons. The number of aliphatic hydroxyl groups is 4. The van der Waals surface area contributed by atoms with E-state index in [4.69, 9.17) is 0 Å². The first kappa shape index (κ1) is 28.7. The largest absolute Gasteiger partial charge is 0.393 e. The van der Waals surface area contributed by atoms with Crippen LogP contribution in [-0.4, -0.2) is 55.4 Å². The van der Waals surface area contributed by atoms with E-state index < -0.39 is 56.8 Å². The first-order valence-electron chi connectivity index (χ1n) is 13.9. The molecule has 4 rings (SSSR count). The molecule has 4 N–H and O–H groups in total. The monoisotopic (exact) mass is 516 g/mol. The summed E-state index contributed by atoms with van der Waals surface area (Å²) in [5.41, 5.74) is -3.35. The van der Waals surface area contributed by atoms with Crippen molar-refractivity contribution >= 4 is 11.6 Å². The quantitative estimate of drug-likeness (QED) is 0.408. The molecule has 0 radical (unpaired) electrons. The van der Waals surface area contributed by atoms with Crippen molar-refractivity contribution in [1.82, 2.24) is 0 Å². The van der Waals surface area contributed by atoms with Crippen LogP contribution < -0.4 is 0 Å². The molecule has 6 nitrogen and oxygen atoms in total. The maximum absolute atomic E-state index is 14.3. The normalized spacial score (nSPS) is 44.9. The Kier molecular flexibility index (Phi) is 6.45. The molecule has 0 aromatic carbocycles. The van der Waals surface area contributed by atoms with Crippen LogP contribution in [0.2, 0.25) is 0 Å². The molecule has 0 amide bonds. The topological polar surface area (TPSA) is 115 Å². The minimum absolute atomic E-state index is 0.00731. The van der Waals surface area contributed by atoms with Crippen LogP contribution >= 0.6 is 0 Å². The number of ketones is 2. The van der Waals surface area contributed by atoms with E-state index in [1.807, 2.05) is 13.8 Å². The van der Waals surface area contributed by atoms with Gasteiger partial charge in [-0.05, 0) is 74.7 Å². The van der Waals surface area contributed by atoms with Gasteiger partial charge in [-0.15, -0.1) is 0 Å². The van der Waals surface area contributed by atoms with Crippen molar-refractivity contribution in [2.24, 2.45) is 39.4 Å². The van der Waals surface area contributed by atoms with E-state index in [-0.39, 0.29) is 36.9 Å². The Balaban J connectivity index is 1.77. The Morgan fingerprint density at radius 3 is 2.24 bits per heavy atom. The number of fused-ring (bicyclic) bond motifs is 5. The fourth-order valence-electron chi connectivity index (χ4n) is 9.32. The number of hydrogen-bond acceptors (Lipinski definition) is 6. The lowest BCUT2D eigenvalue weighted by Gasteiger charge is -2.65. The van der Waals surface area contributed by atoms with E-state index in [0.29, 0.717) is 19.3 Å². The van der Waals surface area contributed by atoms with Crippen molar-refractivity contribution in [3.05, 3.63) is 23.8 Å². The summed E-state index contributed by atoms with van der Waals surface area (Å²) >= 11 is 0. The zero-order valence-electron chi connectivity index (χ0n) is 24.0. The van der Waals surface area contributed by atoms with Gasteiger partial charge in [0.05, 0.1) is 17.8 Å². The minimum Gasteiger partial charge on any atom is -0.393 e. The van der Waals surface area contributed by atoms with Gasteiger partial charge < -0.3 is 20.4 Å². The van der Waals surface area contributed by atoms with E-state index >= 15 is 0 Å². The predicted molar refractivity (Wildman–Crippen MR) is 142 cm³/mol. The van der Waals surface area contributed by atoms with Crippen molar-refractivity contribution in [2.45, 2.75) is 117 Å². The van der Waals surface area contributed by atoms with Gasteiger partial charge in [0.1, 0.15) is 11.4 Å². The summed E-state index contributed by atoms with van der Waals surface area (Å²) in [5, 5.41) is 44.2. The lowest BCUT2D eigenvalue weighted by molar-refractivity contribution is -0.183. The molecular formula is C31H48O6. The van der Waals surface area contributed by atoms with E-state index in [1.165, 1.54) is 12.5 Å². The molecule has 0 bridgehead atoms. The van der Waals surface area contributed by atoms with Gasteiger partial charge >= 0.3 is 0 Å². The third-order valence-corrected chi connectivity index (χ3v) is 11.8. The summed E-state index contributed by atoms with van der Waals surface area (Å²) in [5.74, 6) is -1.35. The maximum atomic E-state index is 14.3. The fourth-order valence-corrected chi connectivity index (χ4v) is 9.32. The molecule has 0 aromatic rings. The first-order chi connectivity index (χ1) is 16.7. The van der Waals surface area contributed by atoms with Crippen molar-refractivity contribution in [1.29, 1.82) is 0 Å². The van der Waals surface area contributed by atoms with Crippen molar-refractivity contribution in [3.63, 3.8) is 0 Å². The average Bonchev–Trinajstić information content (AvgIpc) is 2.96. The fraction of sp³-hybridized carbons (Fsp3) is 0.806. The molecule has 0 spiro atoms. The molecular weight excluding hydrogens is 468 g/mol. The number of carbonyl (C=O) groups excluding carboxylic acids is 2. The summed E-state index contributed by atoms with van der Waals surface area (Å²) < 4.78 is 0. The number of Topliss-reactive ketones (excluding diaryl/α,β-unsaturated/α-hetero) is 2. The Bertz CT molecular complexity index is 1050. The van der Waals surface area contributed by atoms with Crippen LogP contribution in [0.15, 0.2) is 23.8 Å². The molecule has 37 heavy (non-hydrogen) atoms. The summed E-state index contributed by atoms with van der Waals surface area (Å²) in [4.78, 5) is 27.6. The Morgan fingerprint density at radius 2 is 1.68 bits per heavy atom. The van der Waals surface area contributed by atoms with E-state index in [1.54, 1.807) is 13.8 Å². The lowest BCUT2D eigenvalue weighted by Crippen LogP contribution is -2.65. The molecule has 0 saturated heterocycles. The van der Waals surface area contributed by atoms with Crippen molar-refractivity contribution in [3.8, 4) is 0 Å². The van der Waals surface area contributed by atoms with Gasteiger partial charge in [0, 0.05) is 29.6 Å². The van der Waals surface area contributed by atoms with E-state index in [0.717, 1.165) is 5.57 Å². The second kappa shape index (κ2) is 8.33. The van der Waals surface area contributed by atoms with Crippen LogP contribution in [0.25, 0.3) is 0 Å². The second-order valence-electron chi connectivity index (χ2n) is 14.8. The summed E-state index contributed by atoms with van der Waals surface area (Å²) in [7, 11) is 0. The van der Waals surface area contributed by atoms with Gasteiger partial charge in [-0.25, -0.2) is 0 Å². The molecule has 6 heteroatoms. The second-order valence-corrected chi connectivity index (χ2v) is 14.8. The highest BCUT2D eigenvalue weighted by atomic mass is 16.3. The summed E-state index contributed by atoms with van der Waals surface area (Å²) in [6.07, 6.45) is 2.50. The third kappa shape index (κ3) is 3.80. The van der Waals surface area contributed by atoms with Gasteiger partial charge in [0.2, 0.25) is 0 Å². The molecule has 3 fully saturated rings. The summed E-state index contributed by atoms with van der Waals surface area (Å²) in [6, 6.07) is 0. The summed E-state index contributed by atoms with van der Waals surface area (Å²) in [6.45, 7) is 19.2. The predicted octanol–water partition coefficient (Wildman–Crippen LogP) is 4.14. The van der Waals surface area contributed by atoms with Crippen molar-refractivity contribution < 1.29 is 30.0 Å². The Labute approximate surface area is 222 Å². The van der Waals surface area contributed by atoms with Gasteiger partial charge in [-0.3, -0.25) is 9.59 Å². The van der Waals surface area contributed by atoms with E-state index in [9.17, 15) is 30.0 Å². The Hall–Kier alpha value is -1.34. The zero-order valence-corrected chi connectivity index (χ0v) is 24.0. The molecule has 3 saturated carbocycles. The third-order valence-electron chi connectivity index (χ3n) is 11.8. The number of rotatable bonds is 5. The van der Waals surface area contributed by atoms with E-state index in [2.05, 4.69) is 33.4 Å². The standard InChI is InChI=1S/C31H48O6/c1-17-20(32)14-19-18(27(17,4)5)10-11-22-28(6)15-21(33)25(29(28,7)16-24(35)30(19,22)8)31(9,37)23(34)12-13-26(2,3)36/h10,19-22,25,32-33,36-37H,1,11-16H2,2-9H3/t19?,20-,21+,22?,25?,28-,29+,30-,31-/m0/s1. The van der Waals surface area contributed by atoms with Gasteiger partial charge in [0.25, 0.3) is 0 Å². The smallest absolute Gasteiger partial charge is 0.164 e. The average molecular weight is 517 g/mol. The first-order valence-corrected chi connectivity index (χ1v) is 13.9. The van der Waals surface area contributed by atoms with Gasteiger partial charge in [0.15, 0.2) is 5.78 Å². The molecule has 4 aliphatic rings. The molecule has 0 aliphatic heterocycles. The van der Waals surface area contributed by atoms with Crippen LogP contribution in [-0.2, 0) is 9.59 Å². The molecule has 3 unspecified atom stereocenters. The Morgan fingerprint density at radius 1 is 1.08 bits per heavy atom. The highest BCUT2D eigenvalue weighted by Gasteiger charge is 2.74. The number of aliphatic hydroxyl groups excluding tert-OH is 2. The lowest BCUT2D eigenvalue weighted by atomic mass is 9.38. The van der Waals surface area contributed by atoms with Gasteiger partial charge in [-0.1, -0.05) is 52.8 Å². The van der Waals surface area contributed by atoms with Crippen molar-refractivity contribution in [2.75, 3.05) is 0 Å². The van der Waals surface area contributed by atoms with Crippen LogP contribution in [0.5, 0.6) is 0 Å². The number of carbonyl (C=O) groups is 2. The van der Waals surface area contributed by atoms with Gasteiger partial charge in [-0.2, -0.15) is 0 Å². The maximum Gasteiger partial charge on any atom is 0.164 e. The zero-order chi connectivity index (χ0) is 28.1. The number of hydrogen-bond donors (Lipinski definition) is 4. The highest BCUT2D eigenvalue weighted by molar-refractivity contribution is 5.90. The van der Waals surface area contributed by atoms with Crippen LogP contribution in [0.4, 0.5) is 0 Å². The van der Waals surface area contributed by atoms with Crippen LogP contribution in [0.1, 0.15) is 93.9 Å². The van der Waals surface area contributed by atoms with Crippen LogP contribution in [0.3, 0.4) is 0 Å². The molecule has 9 atom stereocenters. The minimum atomic E-state index is -1.83. The highest BCUT2D eigenvalue weighted by Crippen LogP contribution is 2.74. The molecule has 0 aromatic heterocycles. The SMILES string of the molecule is C=C1[C@@H](O)CC2C(=CCC3[C@@]2(C)C(=O)C[C@]2(C)C([C@@](C)(O)C(=O)CCC(C)(C)O)[C@H](O)C[C@@]32C)C1(C)C.